The van der Waals surface area contributed by atoms with Crippen LogP contribution in [-0.2, 0) is 7.05 Å². The van der Waals surface area contributed by atoms with Crippen LogP contribution in [0.5, 0.6) is 0 Å². The van der Waals surface area contributed by atoms with Crippen LogP contribution >= 0.6 is 0 Å². The molecule has 2 aromatic heterocycles. The van der Waals surface area contributed by atoms with E-state index in [1.165, 1.54) is 0 Å². The summed E-state index contributed by atoms with van der Waals surface area (Å²) in [6.07, 6.45) is 0. The van der Waals surface area contributed by atoms with Gasteiger partial charge in [-0.05, 0) is 19.1 Å². The second-order valence-electron chi connectivity index (χ2n) is 3.83. The molecule has 0 atom stereocenters. The number of anilines is 1. The van der Waals surface area contributed by atoms with Gasteiger partial charge in [0.15, 0.2) is 5.58 Å². The van der Waals surface area contributed by atoms with E-state index in [0.717, 1.165) is 33.5 Å². The molecule has 2 heterocycles. The summed E-state index contributed by atoms with van der Waals surface area (Å²) in [6.45, 7) is 1.89. The van der Waals surface area contributed by atoms with E-state index in [9.17, 15) is 0 Å². The number of furan rings is 1. The summed E-state index contributed by atoms with van der Waals surface area (Å²) in [5.74, 6) is 0.793. The predicted molar refractivity (Wildman–Crippen MR) is 61.8 cm³/mol. The first kappa shape index (κ1) is 8.41. The molecule has 0 aliphatic rings. The molecule has 0 aliphatic heterocycles. The van der Waals surface area contributed by atoms with Crippen LogP contribution in [0, 0.1) is 6.92 Å². The second kappa shape index (κ2) is 2.57. The monoisotopic (exact) mass is 200 g/mol. The molecule has 76 valence electrons. The number of rotatable bonds is 0. The fourth-order valence-electron chi connectivity index (χ4n) is 2.14. The first-order chi connectivity index (χ1) is 7.20. The molecule has 0 bridgehead atoms. The largest absolute Gasteiger partial charge is 0.457 e. The minimum absolute atomic E-state index is 0.740. The zero-order chi connectivity index (χ0) is 10.6. The van der Waals surface area contributed by atoms with Gasteiger partial charge < -0.3 is 14.7 Å². The molecule has 3 heteroatoms. The lowest BCUT2D eigenvalue weighted by atomic mass is 10.2. The fourth-order valence-corrected chi connectivity index (χ4v) is 2.14. The highest BCUT2D eigenvalue weighted by atomic mass is 16.3. The summed E-state index contributed by atoms with van der Waals surface area (Å²) in [6, 6.07) is 8.15. The van der Waals surface area contributed by atoms with Crippen molar-refractivity contribution in [1.82, 2.24) is 4.57 Å². The summed E-state index contributed by atoms with van der Waals surface area (Å²) in [4.78, 5) is 0. The van der Waals surface area contributed by atoms with E-state index >= 15 is 0 Å². The Kier molecular flexibility index (Phi) is 1.44. The zero-order valence-electron chi connectivity index (χ0n) is 8.74. The Hall–Kier alpha value is -1.90. The molecule has 3 rings (SSSR count). The number of aromatic nitrogens is 1. The number of nitrogen functional groups attached to an aromatic ring is 1. The zero-order valence-corrected chi connectivity index (χ0v) is 8.74. The third-order valence-corrected chi connectivity index (χ3v) is 2.95. The molecule has 0 saturated heterocycles. The topological polar surface area (TPSA) is 44.1 Å². The third-order valence-electron chi connectivity index (χ3n) is 2.95. The lowest BCUT2D eigenvalue weighted by molar-refractivity contribution is 0.583. The third kappa shape index (κ3) is 0.897. The van der Waals surface area contributed by atoms with Gasteiger partial charge in [-0.15, -0.1) is 0 Å². The molecule has 0 amide bonds. The summed E-state index contributed by atoms with van der Waals surface area (Å²) in [7, 11) is 2.01. The summed E-state index contributed by atoms with van der Waals surface area (Å²) >= 11 is 0. The highest BCUT2D eigenvalue weighted by Gasteiger charge is 2.16. The number of hydrogen-bond acceptors (Lipinski definition) is 2. The highest BCUT2D eigenvalue weighted by molar-refractivity contribution is 6.09. The summed E-state index contributed by atoms with van der Waals surface area (Å²) < 4.78 is 7.77. The molecular weight excluding hydrogens is 188 g/mol. The van der Waals surface area contributed by atoms with E-state index in [1.807, 2.05) is 26.1 Å². The number of benzene rings is 1. The molecule has 0 spiro atoms. The van der Waals surface area contributed by atoms with Crippen molar-refractivity contribution in [3.63, 3.8) is 0 Å². The smallest absolute Gasteiger partial charge is 0.162 e. The maximum atomic E-state index is 5.99. The predicted octanol–water partition coefficient (Wildman–Crippen LogP) is 2.82. The van der Waals surface area contributed by atoms with Crippen molar-refractivity contribution in [3.8, 4) is 0 Å². The number of fused-ring (bicyclic) bond motifs is 3. The van der Waals surface area contributed by atoms with Crippen LogP contribution in [0.2, 0.25) is 0 Å². The molecule has 0 aliphatic carbocycles. The lowest BCUT2D eigenvalue weighted by Crippen LogP contribution is -1.91. The van der Waals surface area contributed by atoms with Gasteiger partial charge in [0, 0.05) is 12.4 Å². The highest BCUT2D eigenvalue weighted by Crippen LogP contribution is 2.35. The number of aryl methyl sites for hydroxylation is 2. The van der Waals surface area contributed by atoms with Gasteiger partial charge in [0.25, 0.3) is 0 Å². The average Bonchev–Trinajstić information content (AvgIpc) is 2.68. The van der Waals surface area contributed by atoms with Crippen molar-refractivity contribution in [1.29, 1.82) is 0 Å². The molecule has 0 saturated carbocycles. The molecule has 0 radical (unpaired) electrons. The van der Waals surface area contributed by atoms with Gasteiger partial charge in [0.2, 0.25) is 0 Å². The molecule has 0 fully saturated rings. The Morgan fingerprint density at radius 1 is 1.27 bits per heavy atom. The normalized spacial score (nSPS) is 11.6. The van der Waals surface area contributed by atoms with E-state index in [-0.39, 0.29) is 0 Å². The molecular formula is C12H12N2O. The number of nitrogens with two attached hydrogens (primary N) is 1. The maximum Gasteiger partial charge on any atom is 0.162 e. The van der Waals surface area contributed by atoms with Gasteiger partial charge in [-0.3, -0.25) is 0 Å². The van der Waals surface area contributed by atoms with Gasteiger partial charge >= 0.3 is 0 Å². The van der Waals surface area contributed by atoms with Gasteiger partial charge in [-0.1, -0.05) is 12.1 Å². The summed E-state index contributed by atoms with van der Waals surface area (Å²) in [5.41, 5.74) is 9.76. The first-order valence-corrected chi connectivity index (χ1v) is 4.92. The van der Waals surface area contributed by atoms with E-state index in [1.54, 1.807) is 0 Å². The number of para-hydroxylation sites is 1. The number of hydrogen-bond donors (Lipinski definition) is 1. The molecule has 1 aromatic carbocycles. The number of nitrogens with zero attached hydrogens (tertiary/aromatic N) is 1. The van der Waals surface area contributed by atoms with Gasteiger partial charge in [0.05, 0.1) is 11.2 Å². The molecule has 15 heavy (non-hydrogen) atoms. The minimum Gasteiger partial charge on any atom is -0.457 e. The fraction of sp³-hybridized carbons (Fsp3) is 0.167. The first-order valence-electron chi connectivity index (χ1n) is 4.92. The lowest BCUT2D eigenvalue weighted by Gasteiger charge is -1.97. The minimum atomic E-state index is 0.740. The Morgan fingerprint density at radius 2 is 2.00 bits per heavy atom. The van der Waals surface area contributed by atoms with Crippen LogP contribution in [0.1, 0.15) is 5.76 Å². The van der Waals surface area contributed by atoms with E-state index in [2.05, 4.69) is 16.7 Å². The van der Waals surface area contributed by atoms with Crippen molar-refractivity contribution < 1.29 is 4.42 Å². The standard InChI is InChI=1S/C12H12N2O/c1-7-10(13)11-12(15-7)8-5-3-4-6-9(8)14(11)2/h3-6H,13H2,1-2H3. The Labute approximate surface area is 87.1 Å². The van der Waals surface area contributed by atoms with Gasteiger partial charge in [-0.2, -0.15) is 0 Å². The van der Waals surface area contributed by atoms with Crippen LogP contribution in [0.3, 0.4) is 0 Å². The molecule has 3 aromatic rings. The SMILES string of the molecule is Cc1oc2c3ccccc3n(C)c2c1N. The van der Waals surface area contributed by atoms with Crippen LogP contribution in [0.15, 0.2) is 28.7 Å². The van der Waals surface area contributed by atoms with Crippen LogP contribution in [-0.4, -0.2) is 4.57 Å². The van der Waals surface area contributed by atoms with Crippen molar-refractivity contribution >= 4 is 27.7 Å². The molecule has 3 nitrogen and oxygen atoms in total. The van der Waals surface area contributed by atoms with Gasteiger partial charge in [0.1, 0.15) is 11.3 Å². The van der Waals surface area contributed by atoms with Crippen LogP contribution < -0.4 is 5.73 Å². The Balaban J connectivity index is 2.67. The average molecular weight is 200 g/mol. The maximum absolute atomic E-state index is 5.99. The quantitative estimate of drug-likeness (QED) is 0.606. The Bertz CT molecular complexity index is 661. The van der Waals surface area contributed by atoms with Crippen molar-refractivity contribution in [2.75, 3.05) is 5.73 Å². The van der Waals surface area contributed by atoms with Crippen molar-refractivity contribution in [2.45, 2.75) is 6.92 Å². The van der Waals surface area contributed by atoms with Crippen LogP contribution in [0.4, 0.5) is 5.69 Å². The van der Waals surface area contributed by atoms with E-state index in [0.29, 0.717) is 0 Å². The van der Waals surface area contributed by atoms with E-state index < -0.39 is 0 Å². The summed E-state index contributed by atoms with van der Waals surface area (Å²) in [5, 5.41) is 1.12. The molecule has 2 N–H and O–H groups in total. The van der Waals surface area contributed by atoms with Crippen molar-refractivity contribution in [3.05, 3.63) is 30.0 Å². The van der Waals surface area contributed by atoms with E-state index in [4.69, 9.17) is 10.2 Å². The van der Waals surface area contributed by atoms with Crippen molar-refractivity contribution in [2.24, 2.45) is 7.05 Å². The molecule has 0 unspecified atom stereocenters. The van der Waals surface area contributed by atoms with Gasteiger partial charge in [-0.25, -0.2) is 0 Å². The van der Waals surface area contributed by atoms with Crippen LogP contribution in [0.25, 0.3) is 22.0 Å². The Morgan fingerprint density at radius 3 is 2.80 bits per heavy atom. The second-order valence-corrected chi connectivity index (χ2v) is 3.83.